The molecule has 0 N–H and O–H groups in total. The molecule has 0 bridgehead atoms. The first-order valence-electron chi connectivity index (χ1n) is 8.19. The van der Waals surface area contributed by atoms with E-state index in [-0.39, 0.29) is 6.10 Å². The Morgan fingerprint density at radius 2 is 2.17 bits per heavy atom. The Kier molecular flexibility index (Phi) is 4.27. The van der Waals surface area contributed by atoms with Crippen LogP contribution < -0.4 is 0 Å². The number of nitrogens with zero attached hydrogens (tertiary/aromatic N) is 3. The Bertz CT molecular complexity index is 861. The minimum atomic E-state index is 0.0814. The first kappa shape index (κ1) is 15.6. The number of hydrogen-bond donors (Lipinski definition) is 0. The van der Waals surface area contributed by atoms with E-state index in [9.17, 15) is 0 Å². The maximum atomic E-state index is 6.31. The van der Waals surface area contributed by atoms with Crippen LogP contribution in [0.2, 0.25) is 5.02 Å². The van der Waals surface area contributed by atoms with Gasteiger partial charge in [-0.2, -0.15) is 5.10 Å². The highest BCUT2D eigenvalue weighted by Gasteiger charge is 2.23. The van der Waals surface area contributed by atoms with Crippen molar-refractivity contribution in [3.8, 4) is 0 Å². The summed E-state index contributed by atoms with van der Waals surface area (Å²) in [4.78, 5) is 2.43. The molecule has 1 aliphatic rings. The van der Waals surface area contributed by atoms with E-state index in [0.29, 0.717) is 0 Å². The molecule has 1 atom stereocenters. The van der Waals surface area contributed by atoms with Crippen molar-refractivity contribution in [2.24, 2.45) is 7.05 Å². The second-order valence-corrected chi connectivity index (χ2v) is 6.76. The van der Waals surface area contributed by atoms with Crippen LogP contribution in [-0.2, 0) is 18.3 Å². The van der Waals surface area contributed by atoms with Gasteiger partial charge in [0.05, 0.1) is 18.9 Å². The van der Waals surface area contributed by atoms with Gasteiger partial charge in [0.25, 0.3) is 0 Å². The summed E-state index contributed by atoms with van der Waals surface area (Å²) in [5.74, 6) is 0. The van der Waals surface area contributed by atoms with Crippen molar-refractivity contribution < 1.29 is 4.74 Å². The molecule has 0 amide bonds. The van der Waals surface area contributed by atoms with Gasteiger partial charge in [-0.15, -0.1) is 0 Å². The van der Waals surface area contributed by atoms with Crippen molar-refractivity contribution in [2.45, 2.75) is 12.6 Å². The molecule has 0 saturated carbocycles. The molecule has 0 aliphatic carbocycles. The summed E-state index contributed by atoms with van der Waals surface area (Å²) < 4.78 is 7.76. The van der Waals surface area contributed by atoms with Gasteiger partial charge in [-0.05, 0) is 28.5 Å². The van der Waals surface area contributed by atoms with Crippen LogP contribution in [0.25, 0.3) is 10.8 Å². The number of fused-ring (bicyclic) bond motifs is 1. The van der Waals surface area contributed by atoms with Gasteiger partial charge in [-0.1, -0.05) is 35.9 Å². The summed E-state index contributed by atoms with van der Waals surface area (Å²) in [5, 5.41) is 7.51. The molecule has 2 heterocycles. The molecule has 1 saturated heterocycles. The maximum Gasteiger partial charge on any atom is 0.0982 e. The van der Waals surface area contributed by atoms with Crippen LogP contribution in [0.4, 0.5) is 0 Å². The molecular formula is C19H20ClN3O. The van der Waals surface area contributed by atoms with Gasteiger partial charge < -0.3 is 4.74 Å². The van der Waals surface area contributed by atoms with E-state index < -0.39 is 0 Å². The zero-order valence-corrected chi connectivity index (χ0v) is 14.4. The number of halogens is 1. The van der Waals surface area contributed by atoms with Gasteiger partial charge in [-0.3, -0.25) is 9.58 Å². The largest absolute Gasteiger partial charge is 0.371 e. The molecule has 1 aliphatic heterocycles. The molecule has 1 fully saturated rings. The van der Waals surface area contributed by atoms with Gasteiger partial charge in [0.1, 0.15) is 0 Å². The molecule has 3 aromatic rings. The second-order valence-electron chi connectivity index (χ2n) is 6.33. The Hall–Kier alpha value is -1.88. The van der Waals surface area contributed by atoms with Crippen molar-refractivity contribution in [1.82, 2.24) is 14.7 Å². The molecular weight excluding hydrogens is 322 g/mol. The molecule has 5 heteroatoms. The fourth-order valence-electron chi connectivity index (χ4n) is 3.38. The van der Waals surface area contributed by atoms with Gasteiger partial charge in [-0.25, -0.2) is 0 Å². The molecule has 1 unspecified atom stereocenters. The Morgan fingerprint density at radius 1 is 1.29 bits per heavy atom. The number of hydrogen-bond acceptors (Lipinski definition) is 3. The van der Waals surface area contributed by atoms with Crippen molar-refractivity contribution in [3.63, 3.8) is 0 Å². The summed E-state index contributed by atoms with van der Waals surface area (Å²) >= 11 is 6.31. The third-order valence-corrected chi connectivity index (χ3v) is 4.77. The van der Waals surface area contributed by atoms with Crippen LogP contribution in [0.5, 0.6) is 0 Å². The Morgan fingerprint density at radius 3 is 3.00 bits per heavy atom. The van der Waals surface area contributed by atoms with Gasteiger partial charge in [0.15, 0.2) is 0 Å². The molecule has 24 heavy (non-hydrogen) atoms. The summed E-state index contributed by atoms with van der Waals surface area (Å²) in [6.45, 7) is 3.41. The van der Waals surface area contributed by atoms with Crippen LogP contribution in [0.1, 0.15) is 17.2 Å². The van der Waals surface area contributed by atoms with Crippen LogP contribution in [0.3, 0.4) is 0 Å². The standard InChI is InChI=1S/C19H20ClN3O/c1-22-11-16(10-21-22)19-13-23(6-7-24-19)12-15-9-17(20)8-14-4-2-3-5-18(14)15/h2-5,8-11,19H,6-7,12-13H2,1H3. The number of morpholine rings is 1. The average molecular weight is 342 g/mol. The van der Waals surface area contributed by atoms with E-state index >= 15 is 0 Å². The van der Waals surface area contributed by atoms with Crippen LogP contribution >= 0.6 is 11.6 Å². The second kappa shape index (κ2) is 6.55. The van der Waals surface area contributed by atoms with E-state index in [1.165, 1.54) is 16.3 Å². The number of ether oxygens (including phenoxy) is 1. The smallest absolute Gasteiger partial charge is 0.0982 e. The number of benzene rings is 2. The predicted molar refractivity (Wildman–Crippen MR) is 96.1 cm³/mol. The SMILES string of the molecule is Cn1cc(C2CN(Cc3cc(Cl)cc4ccccc34)CCO2)cn1. The zero-order valence-electron chi connectivity index (χ0n) is 13.7. The lowest BCUT2D eigenvalue weighted by Crippen LogP contribution is -2.37. The third-order valence-electron chi connectivity index (χ3n) is 4.55. The summed E-state index contributed by atoms with van der Waals surface area (Å²) in [6.07, 6.45) is 4.00. The molecule has 0 radical (unpaired) electrons. The minimum Gasteiger partial charge on any atom is -0.371 e. The Balaban J connectivity index is 1.57. The molecule has 124 valence electrons. The summed E-state index contributed by atoms with van der Waals surface area (Å²) in [7, 11) is 1.93. The lowest BCUT2D eigenvalue weighted by molar-refractivity contribution is -0.0328. The molecule has 4 nitrogen and oxygen atoms in total. The van der Waals surface area contributed by atoms with Gasteiger partial charge in [0.2, 0.25) is 0 Å². The van der Waals surface area contributed by atoms with E-state index in [0.717, 1.165) is 36.8 Å². The first-order valence-corrected chi connectivity index (χ1v) is 8.56. The highest BCUT2D eigenvalue weighted by molar-refractivity contribution is 6.31. The third kappa shape index (κ3) is 3.18. The Labute approximate surface area is 146 Å². The van der Waals surface area contributed by atoms with Crippen molar-refractivity contribution in [3.05, 3.63) is 64.9 Å². The van der Waals surface area contributed by atoms with Crippen molar-refractivity contribution >= 4 is 22.4 Å². The fraction of sp³-hybridized carbons (Fsp3) is 0.316. The highest BCUT2D eigenvalue weighted by atomic mass is 35.5. The summed E-state index contributed by atoms with van der Waals surface area (Å²) in [5.41, 5.74) is 2.41. The van der Waals surface area contributed by atoms with E-state index in [1.807, 2.05) is 30.2 Å². The normalized spacial score (nSPS) is 19.0. The monoisotopic (exact) mass is 341 g/mol. The molecule has 2 aromatic carbocycles. The molecule has 4 rings (SSSR count). The van der Waals surface area contributed by atoms with Crippen molar-refractivity contribution in [2.75, 3.05) is 19.7 Å². The van der Waals surface area contributed by atoms with Crippen molar-refractivity contribution in [1.29, 1.82) is 0 Å². The van der Waals surface area contributed by atoms with Crippen LogP contribution in [-0.4, -0.2) is 34.4 Å². The quantitative estimate of drug-likeness (QED) is 0.726. The number of rotatable bonds is 3. The predicted octanol–water partition coefficient (Wildman–Crippen LogP) is 3.80. The van der Waals surface area contributed by atoms with Crippen LogP contribution in [0.15, 0.2) is 48.8 Å². The van der Waals surface area contributed by atoms with Gasteiger partial charge >= 0.3 is 0 Å². The minimum absolute atomic E-state index is 0.0814. The highest BCUT2D eigenvalue weighted by Crippen LogP contribution is 2.27. The van der Waals surface area contributed by atoms with E-state index in [2.05, 4.69) is 40.3 Å². The average Bonchev–Trinajstić information content (AvgIpc) is 3.01. The topological polar surface area (TPSA) is 30.3 Å². The maximum absolute atomic E-state index is 6.31. The zero-order chi connectivity index (χ0) is 16.5. The first-order chi connectivity index (χ1) is 11.7. The number of aromatic nitrogens is 2. The molecule has 1 aromatic heterocycles. The van der Waals surface area contributed by atoms with Crippen LogP contribution in [0, 0.1) is 0 Å². The van der Waals surface area contributed by atoms with E-state index in [4.69, 9.17) is 16.3 Å². The summed E-state index contributed by atoms with van der Waals surface area (Å²) in [6, 6.07) is 12.5. The fourth-order valence-corrected chi connectivity index (χ4v) is 3.62. The van der Waals surface area contributed by atoms with Gasteiger partial charge in [0, 0.05) is 43.5 Å². The lowest BCUT2D eigenvalue weighted by Gasteiger charge is -2.32. The lowest BCUT2D eigenvalue weighted by atomic mass is 10.0. The van der Waals surface area contributed by atoms with E-state index in [1.54, 1.807) is 0 Å². The molecule has 0 spiro atoms. The number of aryl methyl sites for hydroxylation is 1.